The van der Waals surface area contributed by atoms with Crippen molar-refractivity contribution in [1.29, 1.82) is 5.26 Å². The Kier molecular flexibility index (Phi) is 7.61. The quantitative estimate of drug-likeness (QED) is 0.309. The highest BCUT2D eigenvalue weighted by Crippen LogP contribution is 2.23. The fourth-order valence-electron chi connectivity index (χ4n) is 3.10. The molecule has 33 heavy (non-hydrogen) atoms. The molecule has 3 aromatic carbocycles. The van der Waals surface area contributed by atoms with Crippen molar-refractivity contribution in [2.24, 2.45) is 0 Å². The molecule has 3 aromatic rings. The smallest absolute Gasteiger partial charge is 0.337 e. The number of methoxy groups -OCH3 is 1. The molecule has 6 nitrogen and oxygen atoms in total. The fraction of sp³-hybridized carbons (Fsp3) is 0.148. The number of carbonyl (C=O) groups is 2. The second-order valence-electron chi connectivity index (χ2n) is 7.44. The topological polar surface area (TPSA) is 88.4 Å². The van der Waals surface area contributed by atoms with Gasteiger partial charge in [-0.15, -0.1) is 0 Å². The third-order valence-corrected chi connectivity index (χ3v) is 5.11. The number of nitrogens with zero attached hydrogens (tertiary/aromatic N) is 1. The minimum Gasteiger partial charge on any atom is -0.488 e. The van der Waals surface area contributed by atoms with E-state index in [1.54, 1.807) is 24.3 Å². The van der Waals surface area contributed by atoms with Crippen LogP contribution >= 0.6 is 0 Å². The monoisotopic (exact) mass is 440 g/mol. The van der Waals surface area contributed by atoms with E-state index in [4.69, 9.17) is 4.74 Å². The number of rotatable bonds is 7. The maximum atomic E-state index is 12.6. The molecule has 0 saturated carbocycles. The Morgan fingerprint density at radius 3 is 2.39 bits per heavy atom. The normalized spacial score (nSPS) is 10.8. The molecule has 0 aliphatic heterocycles. The Balaban J connectivity index is 1.75. The first-order valence-corrected chi connectivity index (χ1v) is 10.3. The lowest BCUT2D eigenvalue weighted by Crippen LogP contribution is -2.13. The highest BCUT2D eigenvalue weighted by atomic mass is 16.5. The van der Waals surface area contributed by atoms with E-state index in [9.17, 15) is 14.9 Å². The lowest BCUT2D eigenvalue weighted by Gasteiger charge is -2.11. The van der Waals surface area contributed by atoms with Gasteiger partial charge < -0.3 is 14.8 Å². The van der Waals surface area contributed by atoms with Crippen molar-refractivity contribution >= 4 is 23.6 Å². The van der Waals surface area contributed by atoms with Crippen molar-refractivity contribution < 1.29 is 19.1 Å². The van der Waals surface area contributed by atoms with Gasteiger partial charge in [-0.1, -0.05) is 36.4 Å². The molecule has 0 saturated heterocycles. The SMILES string of the molecule is COC(=O)c1ccc(NC(=O)/C(C#N)=C/c2ccccc2OCc2ccc(C)c(C)c2)cc1. The molecule has 6 heteroatoms. The van der Waals surface area contributed by atoms with Gasteiger partial charge in [0, 0.05) is 11.3 Å². The minimum atomic E-state index is -0.563. The van der Waals surface area contributed by atoms with Crippen LogP contribution in [-0.2, 0) is 16.1 Å². The number of para-hydroxylation sites is 1. The Morgan fingerprint density at radius 1 is 1.00 bits per heavy atom. The van der Waals surface area contributed by atoms with E-state index in [0.717, 1.165) is 5.56 Å². The molecule has 1 amide bonds. The standard InChI is InChI=1S/C27H24N2O4/c1-18-8-9-20(14-19(18)2)17-33-25-7-5-4-6-22(25)15-23(16-28)26(30)29-24-12-10-21(11-13-24)27(31)32-3/h4-15H,17H2,1-3H3,(H,29,30)/b23-15+. The van der Waals surface area contributed by atoms with E-state index in [1.165, 1.54) is 36.4 Å². The molecule has 166 valence electrons. The summed E-state index contributed by atoms with van der Waals surface area (Å²) in [5.41, 5.74) is 4.79. The Labute approximate surface area is 193 Å². The second kappa shape index (κ2) is 10.8. The largest absolute Gasteiger partial charge is 0.488 e. The zero-order valence-electron chi connectivity index (χ0n) is 18.7. The van der Waals surface area contributed by atoms with Crippen LogP contribution in [0.5, 0.6) is 5.75 Å². The number of esters is 1. The van der Waals surface area contributed by atoms with Gasteiger partial charge in [-0.2, -0.15) is 5.26 Å². The number of amides is 1. The van der Waals surface area contributed by atoms with Gasteiger partial charge >= 0.3 is 5.97 Å². The lowest BCUT2D eigenvalue weighted by molar-refractivity contribution is -0.112. The first-order valence-electron chi connectivity index (χ1n) is 10.3. The number of benzene rings is 3. The van der Waals surface area contributed by atoms with Crippen LogP contribution in [-0.4, -0.2) is 19.0 Å². The maximum Gasteiger partial charge on any atom is 0.337 e. The van der Waals surface area contributed by atoms with E-state index in [-0.39, 0.29) is 5.57 Å². The Bertz CT molecular complexity index is 1240. The van der Waals surface area contributed by atoms with Crippen LogP contribution in [0, 0.1) is 25.2 Å². The predicted molar refractivity (Wildman–Crippen MR) is 127 cm³/mol. The summed E-state index contributed by atoms with van der Waals surface area (Å²) >= 11 is 0. The molecular formula is C27H24N2O4. The van der Waals surface area contributed by atoms with Crippen molar-refractivity contribution in [1.82, 2.24) is 0 Å². The molecule has 0 aliphatic carbocycles. The highest BCUT2D eigenvalue weighted by molar-refractivity contribution is 6.10. The summed E-state index contributed by atoms with van der Waals surface area (Å²) in [6.07, 6.45) is 1.49. The number of hydrogen-bond acceptors (Lipinski definition) is 5. The van der Waals surface area contributed by atoms with E-state index in [0.29, 0.717) is 29.2 Å². The number of anilines is 1. The summed E-state index contributed by atoms with van der Waals surface area (Å²) in [5, 5.41) is 12.2. The molecular weight excluding hydrogens is 416 g/mol. The third kappa shape index (κ3) is 6.08. The van der Waals surface area contributed by atoms with E-state index in [2.05, 4.69) is 36.0 Å². The molecule has 0 aliphatic rings. The van der Waals surface area contributed by atoms with Crippen molar-refractivity contribution in [2.45, 2.75) is 20.5 Å². The van der Waals surface area contributed by atoms with Crippen LogP contribution in [0.1, 0.15) is 32.6 Å². The summed E-state index contributed by atoms with van der Waals surface area (Å²) in [6, 6.07) is 21.5. The first-order chi connectivity index (χ1) is 15.9. The number of nitrogens with one attached hydrogen (secondary N) is 1. The first kappa shape index (κ1) is 23.3. The molecule has 3 rings (SSSR count). The molecule has 0 bridgehead atoms. The van der Waals surface area contributed by atoms with Crippen molar-refractivity contribution in [2.75, 3.05) is 12.4 Å². The number of hydrogen-bond donors (Lipinski definition) is 1. The van der Waals surface area contributed by atoms with Gasteiger partial charge in [0.15, 0.2) is 0 Å². The van der Waals surface area contributed by atoms with Gasteiger partial charge in [0.25, 0.3) is 5.91 Å². The average Bonchev–Trinajstić information content (AvgIpc) is 2.83. The van der Waals surface area contributed by atoms with E-state index in [1.807, 2.05) is 24.3 Å². The lowest BCUT2D eigenvalue weighted by atomic mass is 10.1. The van der Waals surface area contributed by atoms with Gasteiger partial charge in [-0.3, -0.25) is 4.79 Å². The number of aryl methyl sites for hydroxylation is 2. The van der Waals surface area contributed by atoms with Gasteiger partial charge in [0.2, 0.25) is 0 Å². The Hall–Kier alpha value is -4.37. The van der Waals surface area contributed by atoms with Crippen LogP contribution in [0.25, 0.3) is 6.08 Å². The maximum absolute atomic E-state index is 12.6. The molecule has 0 aromatic heterocycles. The zero-order valence-corrected chi connectivity index (χ0v) is 18.7. The Morgan fingerprint density at radius 2 is 1.73 bits per heavy atom. The molecule has 0 fully saturated rings. The fourth-order valence-corrected chi connectivity index (χ4v) is 3.10. The van der Waals surface area contributed by atoms with Crippen LogP contribution in [0.4, 0.5) is 5.69 Å². The van der Waals surface area contributed by atoms with Gasteiger partial charge in [0.05, 0.1) is 12.7 Å². The minimum absolute atomic E-state index is 0.0747. The molecule has 0 heterocycles. The van der Waals surface area contributed by atoms with Gasteiger partial charge in [-0.25, -0.2) is 4.79 Å². The van der Waals surface area contributed by atoms with Crippen LogP contribution in [0.2, 0.25) is 0 Å². The van der Waals surface area contributed by atoms with Crippen LogP contribution < -0.4 is 10.1 Å². The number of nitriles is 1. The summed E-state index contributed by atoms with van der Waals surface area (Å²) in [6.45, 7) is 4.48. The number of carbonyl (C=O) groups excluding carboxylic acids is 2. The summed E-state index contributed by atoms with van der Waals surface area (Å²) in [7, 11) is 1.30. The summed E-state index contributed by atoms with van der Waals surface area (Å²) in [4.78, 5) is 24.2. The van der Waals surface area contributed by atoms with Gasteiger partial charge in [-0.05, 0) is 66.9 Å². The molecule has 0 atom stereocenters. The van der Waals surface area contributed by atoms with Crippen LogP contribution in [0.3, 0.4) is 0 Å². The average molecular weight is 440 g/mol. The predicted octanol–water partition coefficient (Wildman–Crippen LogP) is 5.21. The van der Waals surface area contributed by atoms with E-state index >= 15 is 0 Å². The third-order valence-electron chi connectivity index (χ3n) is 5.11. The molecule has 0 unspecified atom stereocenters. The number of ether oxygens (including phenoxy) is 2. The van der Waals surface area contributed by atoms with Crippen molar-refractivity contribution in [3.8, 4) is 11.8 Å². The van der Waals surface area contributed by atoms with Crippen molar-refractivity contribution in [3.05, 3.63) is 100 Å². The second-order valence-corrected chi connectivity index (χ2v) is 7.44. The van der Waals surface area contributed by atoms with E-state index < -0.39 is 11.9 Å². The van der Waals surface area contributed by atoms with Crippen LogP contribution in [0.15, 0.2) is 72.3 Å². The highest BCUT2D eigenvalue weighted by Gasteiger charge is 2.12. The zero-order chi connectivity index (χ0) is 23.8. The molecule has 1 N–H and O–H groups in total. The molecule has 0 radical (unpaired) electrons. The van der Waals surface area contributed by atoms with Gasteiger partial charge in [0.1, 0.15) is 24.0 Å². The van der Waals surface area contributed by atoms with Crippen molar-refractivity contribution in [3.63, 3.8) is 0 Å². The summed E-state index contributed by atoms with van der Waals surface area (Å²) in [5.74, 6) is -0.464. The summed E-state index contributed by atoms with van der Waals surface area (Å²) < 4.78 is 10.6. The molecule has 0 spiro atoms.